The Morgan fingerprint density at radius 2 is 1.96 bits per heavy atom. The van der Waals surface area contributed by atoms with Crippen LogP contribution in [-0.4, -0.2) is 44.2 Å². The summed E-state index contributed by atoms with van der Waals surface area (Å²) in [6, 6.07) is 14.6. The molecule has 0 aromatic heterocycles. The van der Waals surface area contributed by atoms with Gasteiger partial charge in [-0.3, -0.25) is 9.89 Å². The zero-order valence-electron chi connectivity index (χ0n) is 16.9. The highest BCUT2D eigenvalue weighted by atomic mass is 16.5. The van der Waals surface area contributed by atoms with E-state index < -0.39 is 0 Å². The molecule has 0 aliphatic carbocycles. The molecule has 3 N–H and O–H groups in total. The Balaban J connectivity index is 1.65. The third-order valence-electron chi connectivity index (χ3n) is 5.29. The number of aliphatic imine (C=N–C) groups is 1. The van der Waals surface area contributed by atoms with Crippen LogP contribution in [0.3, 0.4) is 0 Å². The van der Waals surface area contributed by atoms with Crippen molar-refractivity contribution in [2.24, 2.45) is 10.7 Å². The van der Waals surface area contributed by atoms with Crippen LogP contribution in [0.25, 0.3) is 0 Å². The number of nitrogens with zero attached hydrogens (tertiary/aromatic N) is 2. The molecule has 2 aromatic carbocycles. The third-order valence-corrected chi connectivity index (χ3v) is 5.29. The van der Waals surface area contributed by atoms with E-state index in [1.165, 1.54) is 11.1 Å². The van der Waals surface area contributed by atoms with Crippen molar-refractivity contribution in [3.63, 3.8) is 0 Å². The molecule has 0 saturated carbocycles. The lowest BCUT2D eigenvalue weighted by molar-refractivity contribution is 0.178. The molecule has 0 amide bonds. The predicted molar refractivity (Wildman–Crippen MR) is 114 cm³/mol. The van der Waals surface area contributed by atoms with Crippen LogP contribution in [0.2, 0.25) is 0 Å². The third kappa shape index (κ3) is 4.75. The maximum absolute atomic E-state index is 6.15. The van der Waals surface area contributed by atoms with E-state index in [1.807, 2.05) is 18.2 Å². The molecule has 0 spiro atoms. The van der Waals surface area contributed by atoms with E-state index in [0.717, 1.165) is 37.4 Å². The van der Waals surface area contributed by atoms with Gasteiger partial charge in [0.25, 0.3) is 0 Å². The molecule has 1 aliphatic rings. The van der Waals surface area contributed by atoms with Gasteiger partial charge in [-0.05, 0) is 36.1 Å². The Morgan fingerprint density at radius 3 is 2.68 bits per heavy atom. The van der Waals surface area contributed by atoms with E-state index in [1.54, 1.807) is 14.2 Å². The second-order valence-electron chi connectivity index (χ2n) is 6.97. The first-order chi connectivity index (χ1) is 13.6. The van der Waals surface area contributed by atoms with Gasteiger partial charge in [0.05, 0.1) is 26.5 Å². The van der Waals surface area contributed by atoms with Gasteiger partial charge in [0.15, 0.2) is 5.96 Å². The fourth-order valence-corrected chi connectivity index (χ4v) is 3.62. The Hall–Kier alpha value is -2.73. The second-order valence-corrected chi connectivity index (χ2v) is 6.97. The Morgan fingerprint density at radius 1 is 1.18 bits per heavy atom. The van der Waals surface area contributed by atoms with E-state index in [9.17, 15) is 0 Å². The molecular weight excluding hydrogens is 352 g/mol. The van der Waals surface area contributed by atoms with Gasteiger partial charge >= 0.3 is 0 Å². The number of nitrogens with one attached hydrogen (secondary N) is 1. The average molecular weight is 383 g/mol. The summed E-state index contributed by atoms with van der Waals surface area (Å²) in [6.45, 7) is 4.89. The topological polar surface area (TPSA) is 72.1 Å². The number of ether oxygens (including phenoxy) is 2. The molecule has 1 unspecified atom stereocenters. The van der Waals surface area contributed by atoms with Crippen molar-refractivity contribution in [2.75, 3.05) is 32.6 Å². The maximum atomic E-state index is 6.15. The summed E-state index contributed by atoms with van der Waals surface area (Å²) in [5, 5.41) is 3.14. The maximum Gasteiger partial charge on any atom is 0.193 e. The van der Waals surface area contributed by atoms with Gasteiger partial charge in [0, 0.05) is 25.2 Å². The van der Waals surface area contributed by atoms with Crippen molar-refractivity contribution in [3.8, 4) is 11.5 Å². The predicted octanol–water partition coefficient (Wildman–Crippen LogP) is 3.27. The lowest BCUT2D eigenvalue weighted by atomic mass is 9.98. The molecular formula is C22H30N4O2. The average Bonchev–Trinajstić information content (AvgIpc) is 2.74. The second kappa shape index (κ2) is 9.46. The van der Waals surface area contributed by atoms with Gasteiger partial charge < -0.3 is 20.5 Å². The van der Waals surface area contributed by atoms with Crippen molar-refractivity contribution in [2.45, 2.75) is 32.4 Å². The first-order valence-electron chi connectivity index (χ1n) is 9.74. The molecule has 0 radical (unpaired) electrons. The SMILES string of the molecule is CCC(CN=C(N)Nc1cc(OC)ccc1OC)N1CCc2ccccc2C1. The highest BCUT2D eigenvalue weighted by molar-refractivity contribution is 5.94. The number of rotatable bonds is 7. The van der Waals surface area contributed by atoms with Crippen LogP contribution in [0.4, 0.5) is 5.69 Å². The van der Waals surface area contributed by atoms with E-state index in [-0.39, 0.29) is 0 Å². The van der Waals surface area contributed by atoms with Crippen LogP contribution in [-0.2, 0) is 13.0 Å². The fourth-order valence-electron chi connectivity index (χ4n) is 3.62. The number of hydrogen-bond acceptors (Lipinski definition) is 4. The number of fused-ring (bicyclic) bond motifs is 1. The summed E-state index contributed by atoms with van der Waals surface area (Å²) in [5.41, 5.74) is 9.77. The molecule has 1 aliphatic heterocycles. The minimum Gasteiger partial charge on any atom is -0.497 e. The van der Waals surface area contributed by atoms with Crippen LogP contribution in [0.1, 0.15) is 24.5 Å². The van der Waals surface area contributed by atoms with Crippen molar-refractivity contribution in [3.05, 3.63) is 53.6 Å². The minimum atomic E-state index is 0.362. The van der Waals surface area contributed by atoms with Gasteiger partial charge in [-0.2, -0.15) is 0 Å². The molecule has 0 bridgehead atoms. The summed E-state index contributed by atoms with van der Waals surface area (Å²) in [4.78, 5) is 7.10. The number of benzene rings is 2. The Kier molecular flexibility index (Phi) is 6.76. The zero-order valence-corrected chi connectivity index (χ0v) is 16.9. The number of guanidine groups is 1. The monoisotopic (exact) mass is 382 g/mol. The Labute approximate surface area is 167 Å². The normalized spacial score (nSPS) is 15.6. The van der Waals surface area contributed by atoms with E-state index in [0.29, 0.717) is 24.3 Å². The molecule has 6 nitrogen and oxygen atoms in total. The van der Waals surface area contributed by atoms with Crippen LogP contribution >= 0.6 is 0 Å². The summed E-state index contributed by atoms with van der Waals surface area (Å²) in [6.07, 6.45) is 2.12. The lowest BCUT2D eigenvalue weighted by Crippen LogP contribution is -2.41. The van der Waals surface area contributed by atoms with E-state index in [4.69, 9.17) is 15.2 Å². The quantitative estimate of drug-likeness (QED) is 0.568. The van der Waals surface area contributed by atoms with Crippen LogP contribution in [0.5, 0.6) is 11.5 Å². The molecule has 2 aromatic rings. The number of nitrogens with two attached hydrogens (primary N) is 1. The molecule has 1 atom stereocenters. The van der Waals surface area contributed by atoms with E-state index in [2.05, 4.69) is 46.4 Å². The Bertz CT molecular complexity index is 822. The highest BCUT2D eigenvalue weighted by Gasteiger charge is 2.22. The van der Waals surface area contributed by atoms with Crippen molar-refractivity contribution >= 4 is 11.6 Å². The van der Waals surface area contributed by atoms with Gasteiger partial charge in [0.1, 0.15) is 11.5 Å². The summed E-state index contributed by atoms with van der Waals surface area (Å²) < 4.78 is 10.7. The first kappa shape index (κ1) is 20.0. The van der Waals surface area contributed by atoms with Crippen LogP contribution in [0, 0.1) is 0 Å². The van der Waals surface area contributed by atoms with Gasteiger partial charge in [-0.15, -0.1) is 0 Å². The minimum absolute atomic E-state index is 0.362. The van der Waals surface area contributed by atoms with Gasteiger partial charge in [0.2, 0.25) is 0 Å². The first-order valence-corrected chi connectivity index (χ1v) is 9.74. The van der Waals surface area contributed by atoms with Crippen molar-refractivity contribution < 1.29 is 9.47 Å². The molecule has 1 heterocycles. The molecule has 0 fully saturated rings. The van der Waals surface area contributed by atoms with Crippen molar-refractivity contribution in [1.82, 2.24) is 4.90 Å². The molecule has 0 saturated heterocycles. The number of anilines is 1. The highest BCUT2D eigenvalue weighted by Crippen LogP contribution is 2.28. The number of hydrogen-bond donors (Lipinski definition) is 2. The molecule has 28 heavy (non-hydrogen) atoms. The summed E-state index contributed by atoms with van der Waals surface area (Å²) in [7, 11) is 3.26. The smallest absolute Gasteiger partial charge is 0.193 e. The molecule has 6 heteroatoms. The largest absolute Gasteiger partial charge is 0.497 e. The van der Waals surface area contributed by atoms with Gasteiger partial charge in [-0.1, -0.05) is 31.2 Å². The van der Waals surface area contributed by atoms with Crippen LogP contribution < -0.4 is 20.5 Å². The molecule has 3 rings (SSSR count). The van der Waals surface area contributed by atoms with E-state index >= 15 is 0 Å². The summed E-state index contributed by atoms with van der Waals surface area (Å²) in [5.74, 6) is 1.80. The van der Waals surface area contributed by atoms with Crippen LogP contribution in [0.15, 0.2) is 47.5 Å². The standard InChI is InChI=1S/C22H30N4O2/c1-4-18(26-12-11-16-7-5-6-8-17(16)15-26)14-24-22(23)25-20-13-19(27-2)9-10-21(20)28-3/h5-10,13,18H,4,11-12,14-15H2,1-3H3,(H3,23,24,25). The fraction of sp³-hybridized carbons (Fsp3) is 0.409. The lowest BCUT2D eigenvalue weighted by Gasteiger charge is -2.34. The molecule has 150 valence electrons. The van der Waals surface area contributed by atoms with Crippen molar-refractivity contribution in [1.29, 1.82) is 0 Å². The van der Waals surface area contributed by atoms with Gasteiger partial charge in [-0.25, -0.2) is 0 Å². The zero-order chi connectivity index (χ0) is 19.9. The number of methoxy groups -OCH3 is 2. The summed E-state index contributed by atoms with van der Waals surface area (Å²) >= 11 is 0.